The van der Waals surface area contributed by atoms with E-state index < -0.39 is 5.60 Å². The molecule has 1 aromatic rings. The summed E-state index contributed by atoms with van der Waals surface area (Å²) in [6.45, 7) is 6.97. The number of rotatable bonds is 4. The predicted molar refractivity (Wildman–Crippen MR) is 92.7 cm³/mol. The highest BCUT2D eigenvalue weighted by Gasteiger charge is 2.27. The number of likely N-dealkylation sites (tertiary alicyclic amines) is 1. The minimum Gasteiger partial charge on any atom is -0.444 e. The van der Waals surface area contributed by atoms with E-state index in [2.05, 4.69) is 4.98 Å². The maximum absolute atomic E-state index is 12.2. The fraction of sp³-hybridized carbons (Fsp3) is 0.611. The number of nitrogens with zero attached hydrogens (tertiary/aromatic N) is 2. The Balaban J connectivity index is 1.76. The van der Waals surface area contributed by atoms with Crippen LogP contribution in [0.25, 0.3) is 0 Å². The number of ether oxygens (including phenoxy) is 1. The maximum Gasteiger partial charge on any atom is 0.410 e. The van der Waals surface area contributed by atoms with E-state index in [1.807, 2.05) is 20.8 Å². The number of pyridine rings is 1. The fourth-order valence-electron chi connectivity index (χ4n) is 2.85. The van der Waals surface area contributed by atoms with E-state index in [0.717, 1.165) is 19.3 Å². The van der Waals surface area contributed by atoms with Crippen LogP contribution in [0, 0.1) is 5.92 Å². The van der Waals surface area contributed by atoms with Crippen LogP contribution >= 0.6 is 0 Å². The maximum atomic E-state index is 12.2. The minimum absolute atomic E-state index is 0.0372. The van der Waals surface area contributed by atoms with Crippen molar-refractivity contribution in [3.05, 3.63) is 23.9 Å². The van der Waals surface area contributed by atoms with Gasteiger partial charge in [-0.05, 0) is 58.1 Å². The summed E-state index contributed by atoms with van der Waals surface area (Å²) in [6, 6.07) is 3.44. The lowest BCUT2D eigenvalue weighted by Crippen LogP contribution is -2.41. The Kier molecular flexibility index (Phi) is 5.80. The highest BCUT2D eigenvalue weighted by Crippen LogP contribution is 2.24. The largest absolute Gasteiger partial charge is 0.444 e. The molecule has 1 fully saturated rings. The molecular weight excluding hydrogens is 306 g/mol. The van der Waals surface area contributed by atoms with E-state index in [1.165, 1.54) is 0 Å². The van der Waals surface area contributed by atoms with Gasteiger partial charge in [0.15, 0.2) is 5.78 Å². The Labute approximate surface area is 143 Å². The van der Waals surface area contributed by atoms with Gasteiger partial charge in [-0.2, -0.15) is 0 Å². The van der Waals surface area contributed by atoms with Gasteiger partial charge in [0.05, 0.1) is 5.56 Å². The molecule has 24 heavy (non-hydrogen) atoms. The quantitative estimate of drug-likeness (QED) is 0.855. The lowest BCUT2D eigenvalue weighted by molar-refractivity contribution is 0.0180. The number of carbonyl (C=O) groups is 2. The zero-order chi connectivity index (χ0) is 17.7. The van der Waals surface area contributed by atoms with Gasteiger partial charge in [0.1, 0.15) is 11.4 Å². The number of nitrogen functional groups attached to an aromatic ring is 1. The van der Waals surface area contributed by atoms with Crippen molar-refractivity contribution in [3.8, 4) is 0 Å². The van der Waals surface area contributed by atoms with Crippen molar-refractivity contribution in [2.45, 2.75) is 52.1 Å². The van der Waals surface area contributed by atoms with Crippen LogP contribution in [-0.4, -0.2) is 40.5 Å². The topological polar surface area (TPSA) is 85.5 Å². The van der Waals surface area contributed by atoms with Crippen LogP contribution in [0.5, 0.6) is 0 Å². The summed E-state index contributed by atoms with van der Waals surface area (Å²) in [6.07, 6.45) is 4.41. The number of Topliss-reactive ketones (excluding diaryl/α,β-unsaturated/α-hetero) is 1. The number of nitrogens with two attached hydrogens (primary N) is 1. The third-order valence-corrected chi connectivity index (χ3v) is 4.18. The molecule has 1 aliphatic heterocycles. The number of anilines is 1. The van der Waals surface area contributed by atoms with Crippen LogP contribution in [0.1, 0.15) is 56.8 Å². The summed E-state index contributed by atoms with van der Waals surface area (Å²) >= 11 is 0. The predicted octanol–water partition coefficient (Wildman–Crippen LogP) is 3.27. The average molecular weight is 333 g/mol. The first-order valence-corrected chi connectivity index (χ1v) is 8.48. The molecule has 0 atom stereocenters. The monoisotopic (exact) mass is 333 g/mol. The lowest BCUT2D eigenvalue weighted by atomic mass is 9.90. The minimum atomic E-state index is -0.468. The van der Waals surface area contributed by atoms with E-state index in [0.29, 0.717) is 36.8 Å². The molecule has 6 heteroatoms. The van der Waals surface area contributed by atoms with Gasteiger partial charge in [0.25, 0.3) is 0 Å². The first-order chi connectivity index (χ1) is 11.3. The molecule has 0 saturated carbocycles. The fourth-order valence-corrected chi connectivity index (χ4v) is 2.85. The number of hydrogen-bond acceptors (Lipinski definition) is 5. The Hall–Kier alpha value is -2.11. The first-order valence-electron chi connectivity index (χ1n) is 8.48. The Morgan fingerprint density at radius 2 is 2.00 bits per heavy atom. The lowest BCUT2D eigenvalue weighted by Gasteiger charge is -2.33. The van der Waals surface area contributed by atoms with Gasteiger partial charge < -0.3 is 15.4 Å². The molecule has 1 amide bonds. The van der Waals surface area contributed by atoms with Crippen LogP contribution in [0.4, 0.5) is 10.6 Å². The van der Waals surface area contributed by atoms with Crippen LogP contribution in [0.2, 0.25) is 0 Å². The molecule has 2 N–H and O–H groups in total. The standard InChI is InChI=1S/C18H27N3O3/c1-18(2,3)24-17(23)21-11-8-13(9-12-21)6-7-15(22)14-5-4-10-20-16(14)19/h4-5,10,13H,6-9,11-12H2,1-3H3,(H2,19,20). The molecule has 1 saturated heterocycles. The van der Waals surface area contributed by atoms with Crippen molar-refractivity contribution in [3.63, 3.8) is 0 Å². The summed E-state index contributed by atoms with van der Waals surface area (Å²) in [5.74, 6) is 0.781. The molecular formula is C18H27N3O3. The molecule has 0 bridgehead atoms. The molecule has 0 radical (unpaired) electrons. The summed E-state index contributed by atoms with van der Waals surface area (Å²) in [4.78, 5) is 30.0. The second kappa shape index (κ2) is 7.64. The van der Waals surface area contributed by atoms with E-state index in [4.69, 9.17) is 10.5 Å². The van der Waals surface area contributed by atoms with Crippen molar-refractivity contribution < 1.29 is 14.3 Å². The number of ketones is 1. The van der Waals surface area contributed by atoms with E-state index in [1.54, 1.807) is 23.2 Å². The van der Waals surface area contributed by atoms with Gasteiger partial charge in [-0.3, -0.25) is 4.79 Å². The summed E-state index contributed by atoms with van der Waals surface area (Å²) in [7, 11) is 0. The summed E-state index contributed by atoms with van der Waals surface area (Å²) < 4.78 is 5.39. The molecule has 2 heterocycles. The van der Waals surface area contributed by atoms with E-state index in [-0.39, 0.29) is 11.9 Å². The smallest absolute Gasteiger partial charge is 0.410 e. The molecule has 0 aliphatic carbocycles. The molecule has 132 valence electrons. The van der Waals surface area contributed by atoms with Crippen molar-refractivity contribution in [1.29, 1.82) is 0 Å². The zero-order valence-electron chi connectivity index (χ0n) is 14.7. The highest BCUT2D eigenvalue weighted by atomic mass is 16.6. The van der Waals surface area contributed by atoms with Gasteiger partial charge in [0.2, 0.25) is 0 Å². The first kappa shape index (κ1) is 18.2. The highest BCUT2D eigenvalue weighted by molar-refractivity contribution is 5.99. The molecule has 0 unspecified atom stereocenters. The Morgan fingerprint density at radius 1 is 1.33 bits per heavy atom. The number of piperidine rings is 1. The van der Waals surface area contributed by atoms with Crippen molar-refractivity contribution in [2.24, 2.45) is 5.92 Å². The van der Waals surface area contributed by atoms with E-state index >= 15 is 0 Å². The molecule has 0 aromatic carbocycles. The SMILES string of the molecule is CC(C)(C)OC(=O)N1CCC(CCC(=O)c2cccnc2N)CC1. The van der Waals surface area contributed by atoms with Crippen LogP contribution in [-0.2, 0) is 4.74 Å². The summed E-state index contributed by atoms with van der Waals surface area (Å²) in [5, 5.41) is 0. The average Bonchev–Trinajstić information content (AvgIpc) is 2.52. The molecule has 6 nitrogen and oxygen atoms in total. The number of amides is 1. The van der Waals surface area contributed by atoms with Gasteiger partial charge in [-0.25, -0.2) is 9.78 Å². The number of hydrogen-bond donors (Lipinski definition) is 1. The Bertz CT molecular complexity index is 587. The molecule has 1 aliphatic rings. The zero-order valence-corrected chi connectivity index (χ0v) is 14.7. The van der Waals surface area contributed by atoms with Crippen LogP contribution in [0.3, 0.4) is 0 Å². The van der Waals surface area contributed by atoms with Gasteiger partial charge in [-0.15, -0.1) is 0 Å². The van der Waals surface area contributed by atoms with Gasteiger partial charge >= 0.3 is 6.09 Å². The van der Waals surface area contributed by atoms with Gasteiger partial charge in [-0.1, -0.05) is 0 Å². The molecule has 1 aromatic heterocycles. The summed E-state index contributed by atoms with van der Waals surface area (Å²) in [5.41, 5.74) is 5.78. The van der Waals surface area contributed by atoms with Crippen molar-refractivity contribution in [1.82, 2.24) is 9.88 Å². The third-order valence-electron chi connectivity index (χ3n) is 4.18. The molecule has 0 spiro atoms. The number of carbonyl (C=O) groups excluding carboxylic acids is 2. The normalized spacial score (nSPS) is 16.0. The second-order valence-corrected chi connectivity index (χ2v) is 7.31. The molecule has 2 rings (SSSR count). The van der Waals surface area contributed by atoms with E-state index in [9.17, 15) is 9.59 Å². The third kappa shape index (κ3) is 5.22. The van der Waals surface area contributed by atoms with Crippen LogP contribution in [0.15, 0.2) is 18.3 Å². The second-order valence-electron chi connectivity index (χ2n) is 7.31. The Morgan fingerprint density at radius 3 is 2.58 bits per heavy atom. The van der Waals surface area contributed by atoms with Crippen molar-refractivity contribution >= 4 is 17.7 Å². The number of aromatic nitrogens is 1. The van der Waals surface area contributed by atoms with Gasteiger partial charge in [0, 0.05) is 25.7 Å². The van der Waals surface area contributed by atoms with Crippen molar-refractivity contribution in [2.75, 3.05) is 18.8 Å². The van der Waals surface area contributed by atoms with Crippen LogP contribution < -0.4 is 5.73 Å².